The van der Waals surface area contributed by atoms with Crippen LogP contribution in [0.3, 0.4) is 0 Å². The topological polar surface area (TPSA) is 80.7 Å². The van der Waals surface area contributed by atoms with Gasteiger partial charge in [0.2, 0.25) is 0 Å². The van der Waals surface area contributed by atoms with E-state index in [-0.39, 0.29) is 0 Å². The molecule has 0 spiro atoms. The highest BCUT2D eigenvalue weighted by atomic mass is 16.6. The Kier molecular flexibility index (Phi) is 4.01. The van der Waals surface area contributed by atoms with E-state index in [9.17, 15) is 14.4 Å². The van der Waals surface area contributed by atoms with Crippen LogP contribution in [0, 0.1) is 5.41 Å². The van der Waals surface area contributed by atoms with Crippen molar-refractivity contribution in [2.75, 3.05) is 0 Å². The van der Waals surface area contributed by atoms with Crippen molar-refractivity contribution < 1.29 is 24.2 Å². The van der Waals surface area contributed by atoms with Crippen molar-refractivity contribution in [3.8, 4) is 0 Å². The van der Waals surface area contributed by atoms with E-state index in [0.29, 0.717) is 12.2 Å². The van der Waals surface area contributed by atoms with Crippen LogP contribution in [-0.4, -0.2) is 23.0 Å². The van der Waals surface area contributed by atoms with Gasteiger partial charge in [-0.05, 0) is 20.8 Å². The minimum atomic E-state index is -1.27. The Labute approximate surface area is 81.4 Å². The van der Waals surface area contributed by atoms with E-state index in [1.54, 1.807) is 20.8 Å². The molecule has 5 nitrogen and oxygen atoms in total. The zero-order chi connectivity index (χ0) is 11.4. The van der Waals surface area contributed by atoms with Crippen molar-refractivity contribution in [2.24, 2.45) is 5.41 Å². The van der Waals surface area contributed by atoms with Crippen LogP contribution < -0.4 is 0 Å². The summed E-state index contributed by atoms with van der Waals surface area (Å²) >= 11 is 0. The normalized spacial score (nSPS) is 11.4. The van der Waals surface area contributed by atoms with E-state index >= 15 is 0 Å². The Bertz CT molecular complexity index is 282. The molecule has 14 heavy (non-hydrogen) atoms. The van der Waals surface area contributed by atoms with Gasteiger partial charge >= 0.3 is 17.9 Å². The van der Waals surface area contributed by atoms with Crippen molar-refractivity contribution in [1.82, 2.24) is 0 Å². The molecule has 0 aliphatic carbocycles. The molecular formula is C9H12O5. The maximum absolute atomic E-state index is 11.1. The highest BCUT2D eigenvalue weighted by Crippen LogP contribution is 2.15. The first-order valence-electron chi connectivity index (χ1n) is 3.90. The molecule has 0 aromatic rings. The second-order valence-corrected chi connectivity index (χ2v) is 3.63. The largest absolute Gasteiger partial charge is 0.478 e. The van der Waals surface area contributed by atoms with Gasteiger partial charge in [0.25, 0.3) is 0 Å². The maximum atomic E-state index is 11.1. The van der Waals surface area contributed by atoms with Crippen LogP contribution in [0.4, 0.5) is 0 Å². The van der Waals surface area contributed by atoms with Gasteiger partial charge in [0, 0.05) is 12.2 Å². The number of carbonyl (C=O) groups excluding carboxylic acids is 2. The van der Waals surface area contributed by atoms with Crippen molar-refractivity contribution >= 4 is 17.9 Å². The second kappa shape index (κ2) is 4.55. The number of rotatable bonds is 2. The van der Waals surface area contributed by atoms with E-state index in [1.165, 1.54) is 0 Å². The quantitative estimate of drug-likeness (QED) is 0.404. The van der Waals surface area contributed by atoms with Crippen molar-refractivity contribution in [3.05, 3.63) is 12.2 Å². The first-order chi connectivity index (χ1) is 6.23. The molecule has 1 N–H and O–H groups in total. The molecule has 0 aliphatic heterocycles. The highest BCUT2D eigenvalue weighted by molar-refractivity contribution is 5.97. The summed E-state index contributed by atoms with van der Waals surface area (Å²) in [5, 5.41) is 8.18. The summed E-state index contributed by atoms with van der Waals surface area (Å²) in [6.07, 6.45) is 1.30. The molecule has 0 rings (SSSR count). The van der Waals surface area contributed by atoms with Gasteiger partial charge in [0.15, 0.2) is 0 Å². The zero-order valence-corrected chi connectivity index (χ0v) is 8.23. The maximum Gasteiger partial charge on any atom is 0.338 e. The molecule has 0 heterocycles. The summed E-state index contributed by atoms with van der Waals surface area (Å²) in [5.41, 5.74) is -0.785. The summed E-state index contributed by atoms with van der Waals surface area (Å²) in [6, 6.07) is 0. The first kappa shape index (κ1) is 12.3. The Hall–Kier alpha value is -1.65. The Morgan fingerprint density at radius 1 is 1.14 bits per heavy atom. The molecular weight excluding hydrogens is 188 g/mol. The smallest absolute Gasteiger partial charge is 0.338 e. The van der Waals surface area contributed by atoms with Crippen LogP contribution in [0.5, 0.6) is 0 Å². The number of carboxylic acid groups (broad SMARTS) is 1. The number of hydrogen-bond acceptors (Lipinski definition) is 4. The Morgan fingerprint density at radius 2 is 1.64 bits per heavy atom. The highest BCUT2D eigenvalue weighted by Gasteiger charge is 2.24. The lowest BCUT2D eigenvalue weighted by Crippen LogP contribution is -2.25. The molecule has 0 aromatic heterocycles. The van der Waals surface area contributed by atoms with Crippen molar-refractivity contribution in [2.45, 2.75) is 20.8 Å². The van der Waals surface area contributed by atoms with Gasteiger partial charge in [-0.2, -0.15) is 0 Å². The Morgan fingerprint density at radius 3 is 2.00 bits per heavy atom. The standard InChI is InChI=1S/C9H12O5/c1-9(2,3)8(13)14-7(12)5-4-6(10)11/h4-5H,1-3H3,(H,10,11)/b5-4-. The molecule has 0 saturated carbocycles. The summed E-state index contributed by atoms with van der Waals surface area (Å²) in [4.78, 5) is 31.9. The van der Waals surface area contributed by atoms with E-state index in [0.717, 1.165) is 0 Å². The fraction of sp³-hybridized carbons (Fsp3) is 0.444. The number of carboxylic acids is 1. The molecule has 0 bridgehead atoms. The third-order valence-corrected chi connectivity index (χ3v) is 1.17. The third kappa shape index (κ3) is 5.08. The zero-order valence-electron chi connectivity index (χ0n) is 8.23. The number of hydrogen-bond donors (Lipinski definition) is 1. The van der Waals surface area contributed by atoms with E-state index < -0.39 is 23.3 Å². The number of carbonyl (C=O) groups is 3. The minimum Gasteiger partial charge on any atom is -0.478 e. The lowest BCUT2D eigenvalue weighted by atomic mass is 9.97. The lowest BCUT2D eigenvalue weighted by Gasteiger charge is -2.14. The van der Waals surface area contributed by atoms with Crippen LogP contribution in [0.1, 0.15) is 20.8 Å². The third-order valence-electron chi connectivity index (χ3n) is 1.17. The van der Waals surface area contributed by atoms with Crippen LogP contribution in [0.2, 0.25) is 0 Å². The van der Waals surface area contributed by atoms with Crippen LogP contribution in [0.25, 0.3) is 0 Å². The molecule has 0 fully saturated rings. The fourth-order valence-electron chi connectivity index (χ4n) is 0.418. The van der Waals surface area contributed by atoms with Crippen LogP contribution >= 0.6 is 0 Å². The van der Waals surface area contributed by atoms with Gasteiger partial charge in [0.05, 0.1) is 5.41 Å². The van der Waals surface area contributed by atoms with Gasteiger partial charge < -0.3 is 9.84 Å². The molecule has 0 aromatic carbocycles. The minimum absolute atomic E-state index is 0.609. The predicted molar refractivity (Wildman–Crippen MR) is 47.3 cm³/mol. The predicted octanol–water partition coefficient (Wildman–Crippen LogP) is 0.743. The summed E-state index contributed by atoms with van der Waals surface area (Å²) < 4.78 is 4.34. The van der Waals surface area contributed by atoms with Crippen molar-refractivity contribution in [1.29, 1.82) is 0 Å². The monoisotopic (exact) mass is 200 g/mol. The average molecular weight is 200 g/mol. The number of esters is 2. The van der Waals surface area contributed by atoms with Gasteiger partial charge in [0.1, 0.15) is 0 Å². The molecule has 0 aliphatic rings. The summed E-state index contributed by atoms with van der Waals surface area (Å²) in [6.45, 7) is 4.76. The van der Waals surface area contributed by atoms with Gasteiger partial charge in [-0.3, -0.25) is 4.79 Å². The summed E-state index contributed by atoms with van der Waals surface area (Å²) in [7, 11) is 0. The SMILES string of the molecule is CC(C)(C)C(=O)OC(=O)/C=C\C(=O)O. The molecule has 0 unspecified atom stereocenters. The van der Waals surface area contributed by atoms with Gasteiger partial charge in [-0.1, -0.05) is 0 Å². The Balaban J connectivity index is 4.22. The van der Waals surface area contributed by atoms with E-state index in [4.69, 9.17) is 5.11 Å². The van der Waals surface area contributed by atoms with E-state index in [2.05, 4.69) is 4.74 Å². The summed E-state index contributed by atoms with van der Waals surface area (Å²) in [5.74, 6) is -2.95. The lowest BCUT2D eigenvalue weighted by molar-refractivity contribution is -0.162. The molecule has 0 amide bonds. The van der Waals surface area contributed by atoms with Crippen LogP contribution in [0.15, 0.2) is 12.2 Å². The molecule has 0 saturated heterocycles. The second-order valence-electron chi connectivity index (χ2n) is 3.63. The first-order valence-corrected chi connectivity index (χ1v) is 3.90. The van der Waals surface area contributed by atoms with Crippen molar-refractivity contribution in [3.63, 3.8) is 0 Å². The number of ether oxygens (including phenoxy) is 1. The average Bonchev–Trinajstić information content (AvgIpc) is 1.99. The van der Waals surface area contributed by atoms with Gasteiger partial charge in [-0.25, -0.2) is 9.59 Å². The molecule has 5 heteroatoms. The van der Waals surface area contributed by atoms with Gasteiger partial charge in [-0.15, -0.1) is 0 Å². The van der Waals surface area contributed by atoms with E-state index in [1.807, 2.05) is 0 Å². The number of aliphatic carboxylic acids is 1. The fourth-order valence-corrected chi connectivity index (χ4v) is 0.418. The molecule has 0 radical (unpaired) electrons. The molecule has 0 atom stereocenters. The molecule has 78 valence electrons. The van der Waals surface area contributed by atoms with Crippen LogP contribution in [-0.2, 0) is 19.1 Å².